The highest BCUT2D eigenvalue weighted by atomic mass is 79.9. The van der Waals surface area contributed by atoms with Gasteiger partial charge in [-0.25, -0.2) is 9.07 Å². The van der Waals surface area contributed by atoms with Gasteiger partial charge in [0, 0.05) is 18.3 Å². The summed E-state index contributed by atoms with van der Waals surface area (Å²) in [6.07, 6.45) is 4.13. The number of amides is 1. The molecule has 2 aromatic carbocycles. The van der Waals surface area contributed by atoms with Crippen molar-refractivity contribution in [3.8, 4) is 5.69 Å². The number of rotatable bonds is 5. The van der Waals surface area contributed by atoms with Gasteiger partial charge in [0.25, 0.3) is 5.91 Å². The third-order valence-electron chi connectivity index (χ3n) is 3.53. The monoisotopic (exact) mass is 387 g/mol. The molecule has 0 aliphatic heterocycles. The van der Waals surface area contributed by atoms with Crippen molar-refractivity contribution in [3.05, 3.63) is 82.3 Å². The lowest BCUT2D eigenvalue weighted by Crippen LogP contribution is -2.25. The van der Waals surface area contributed by atoms with Crippen LogP contribution in [-0.4, -0.2) is 22.2 Å². The molecular formula is C18H15BrFN3O. The van der Waals surface area contributed by atoms with E-state index in [2.05, 4.69) is 26.3 Å². The molecule has 3 aromatic rings. The minimum atomic E-state index is -0.264. The molecule has 1 aromatic heterocycles. The van der Waals surface area contributed by atoms with Crippen LogP contribution in [0.2, 0.25) is 0 Å². The number of hydrogen-bond donors (Lipinski definition) is 1. The van der Waals surface area contributed by atoms with Gasteiger partial charge in [-0.2, -0.15) is 5.10 Å². The molecule has 4 nitrogen and oxygen atoms in total. The van der Waals surface area contributed by atoms with Gasteiger partial charge < -0.3 is 5.32 Å². The van der Waals surface area contributed by atoms with Gasteiger partial charge in [-0.15, -0.1) is 0 Å². The Kier molecular flexibility index (Phi) is 5.05. The van der Waals surface area contributed by atoms with E-state index in [1.54, 1.807) is 29.1 Å². The number of nitrogens with zero attached hydrogens (tertiary/aromatic N) is 2. The van der Waals surface area contributed by atoms with Crippen LogP contribution in [0.3, 0.4) is 0 Å². The van der Waals surface area contributed by atoms with Crippen molar-refractivity contribution in [2.75, 3.05) is 6.54 Å². The molecular weight excluding hydrogens is 373 g/mol. The van der Waals surface area contributed by atoms with E-state index in [-0.39, 0.29) is 11.7 Å². The van der Waals surface area contributed by atoms with Crippen molar-refractivity contribution in [2.45, 2.75) is 6.42 Å². The van der Waals surface area contributed by atoms with Crippen LogP contribution >= 0.6 is 15.9 Å². The summed E-state index contributed by atoms with van der Waals surface area (Å²) in [7, 11) is 0. The lowest BCUT2D eigenvalue weighted by Gasteiger charge is -2.07. The SMILES string of the molecule is O=C(NCCc1cccc(F)c1)c1ccc(-n2cc(Br)cn2)cc1. The summed E-state index contributed by atoms with van der Waals surface area (Å²) >= 11 is 3.35. The van der Waals surface area contributed by atoms with E-state index in [4.69, 9.17) is 0 Å². The number of carbonyl (C=O) groups is 1. The Hall–Kier alpha value is -2.47. The van der Waals surface area contributed by atoms with Crippen molar-refractivity contribution in [1.29, 1.82) is 0 Å². The number of nitrogens with one attached hydrogen (secondary N) is 1. The van der Waals surface area contributed by atoms with Gasteiger partial charge in [-0.05, 0) is 64.3 Å². The highest BCUT2D eigenvalue weighted by Gasteiger charge is 2.06. The second-order valence-corrected chi connectivity index (χ2v) is 6.20. The summed E-state index contributed by atoms with van der Waals surface area (Å²) in [5.41, 5.74) is 2.30. The molecule has 6 heteroatoms. The molecule has 24 heavy (non-hydrogen) atoms. The number of benzene rings is 2. The predicted octanol–water partition coefficient (Wildman–Crippen LogP) is 3.75. The maximum atomic E-state index is 13.1. The Morgan fingerprint density at radius 3 is 2.67 bits per heavy atom. The quantitative estimate of drug-likeness (QED) is 0.724. The molecule has 1 amide bonds. The van der Waals surface area contributed by atoms with Crippen LogP contribution in [0.25, 0.3) is 5.69 Å². The Balaban J connectivity index is 1.57. The first-order valence-corrected chi connectivity index (χ1v) is 8.24. The molecule has 1 N–H and O–H groups in total. The fourth-order valence-corrected chi connectivity index (χ4v) is 2.61. The van der Waals surface area contributed by atoms with Crippen LogP contribution < -0.4 is 5.32 Å². The van der Waals surface area contributed by atoms with E-state index in [1.807, 2.05) is 24.4 Å². The van der Waals surface area contributed by atoms with Crippen LogP contribution in [0.4, 0.5) is 4.39 Å². The zero-order valence-electron chi connectivity index (χ0n) is 12.7. The number of carbonyl (C=O) groups excluding carboxylic acids is 1. The number of halogens is 2. The first-order chi connectivity index (χ1) is 11.6. The first-order valence-electron chi connectivity index (χ1n) is 7.45. The normalized spacial score (nSPS) is 10.6. The summed E-state index contributed by atoms with van der Waals surface area (Å²) in [4.78, 5) is 12.1. The van der Waals surface area contributed by atoms with E-state index < -0.39 is 0 Å². The Morgan fingerprint density at radius 2 is 2.00 bits per heavy atom. The summed E-state index contributed by atoms with van der Waals surface area (Å²) < 4.78 is 15.7. The Labute approximate surface area is 147 Å². The van der Waals surface area contributed by atoms with E-state index in [0.717, 1.165) is 15.7 Å². The van der Waals surface area contributed by atoms with Crippen molar-refractivity contribution in [2.24, 2.45) is 0 Å². The highest BCUT2D eigenvalue weighted by Crippen LogP contribution is 2.13. The summed E-state index contributed by atoms with van der Waals surface area (Å²) in [6, 6.07) is 13.6. The molecule has 1 heterocycles. The second kappa shape index (κ2) is 7.40. The molecule has 0 radical (unpaired) electrons. The van der Waals surface area contributed by atoms with Crippen molar-refractivity contribution >= 4 is 21.8 Å². The summed E-state index contributed by atoms with van der Waals surface area (Å²) in [6.45, 7) is 0.455. The number of aromatic nitrogens is 2. The molecule has 0 aliphatic carbocycles. The lowest BCUT2D eigenvalue weighted by atomic mass is 10.1. The van der Waals surface area contributed by atoms with Gasteiger partial charge >= 0.3 is 0 Å². The molecule has 0 bridgehead atoms. The van der Waals surface area contributed by atoms with E-state index in [9.17, 15) is 9.18 Å². The average molecular weight is 388 g/mol. The van der Waals surface area contributed by atoms with Crippen LogP contribution in [0.1, 0.15) is 15.9 Å². The van der Waals surface area contributed by atoms with E-state index >= 15 is 0 Å². The molecule has 122 valence electrons. The zero-order chi connectivity index (χ0) is 16.9. The Morgan fingerprint density at radius 1 is 1.21 bits per heavy atom. The van der Waals surface area contributed by atoms with Crippen LogP contribution in [0.5, 0.6) is 0 Å². The maximum absolute atomic E-state index is 13.1. The molecule has 0 unspecified atom stereocenters. The van der Waals surface area contributed by atoms with Gasteiger partial charge in [-0.3, -0.25) is 4.79 Å². The highest BCUT2D eigenvalue weighted by molar-refractivity contribution is 9.10. The summed E-state index contributed by atoms with van der Waals surface area (Å²) in [5, 5.41) is 7.03. The fourth-order valence-electron chi connectivity index (χ4n) is 2.32. The molecule has 0 saturated heterocycles. The van der Waals surface area contributed by atoms with Crippen LogP contribution in [0.15, 0.2) is 65.4 Å². The smallest absolute Gasteiger partial charge is 0.251 e. The van der Waals surface area contributed by atoms with Gasteiger partial charge in [0.05, 0.1) is 16.4 Å². The molecule has 0 atom stereocenters. The van der Waals surface area contributed by atoms with Crippen LogP contribution in [0, 0.1) is 5.82 Å². The molecule has 0 aliphatic rings. The van der Waals surface area contributed by atoms with Gasteiger partial charge in [0.15, 0.2) is 0 Å². The lowest BCUT2D eigenvalue weighted by molar-refractivity contribution is 0.0954. The van der Waals surface area contributed by atoms with Gasteiger partial charge in [0.1, 0.15) is 5.82 Å². The van der Waals surface area contributed by atoms with Gasteiger partial charge in [-0.1, -0.05) is 12.1 Å². The molecule has 0 spiro atoms. The summed E-state index contributed by atoms with van der Waals surface area (Å²) in [5.74, 6) is -0.417. The molecule has 0 saturated carbocycles. The predicted molar refractivity (Wildman–Crippen MR) is 93.7 cm³/mol. The Bertz CT molecular complexity index is 845. The van der Waals surface area contributed by atoms with Crippen molar-refractivity contribution in [1.82, 2.24) is 15.1 Å². The maximum Gasteiger partial charge on any atom is 0.251 e. The largest absolute Gasteiger partial charge is 0.352 e. The van der Waals surface area contributed by atoms with E-state index in [0.29, 0.717) is 18.5 Å². The topological polar surface area (TPSA) is 46.9 Å². The fraction of sp³-hybridized carbons (Fsp3) is 0.111. The minimum absolute atomic E-state index is 0.153. The standard InChI is InChI=1S/C18H15BrFN3O/c19-15-11-22-23(12-15)17-6-4-14(5-7-17)18(24)21-9-8-13-2-1-3-16(20)10-13/h1-7,10-12H,8-9H2,(H,21,24). The van der Waals surface area contributed by atoms with Crippen molar-refractivity contribution in [3.63, 3.8) is 0 Å². The number of hydrogen-bond acceptors (Lipinski definition) is 2. The molecule has 3 rings (SSSR count). The van der Waals surface area contributed by atoms with Gasteiger partial charge in [0.2, 0.25) is 0 Å². The minimum Gasteiger partial charge on any atom is -0.352 e. The van der Waals surface area contributed by atoms with E-state index in [1.165, 1.54) is 12.1 Å². The first kappa shape index (κ1) is 16.4. The zero-order valence-corrected chi connectivity index (χ0v) is 14.3. The van der Waals surface area contributed by atoms with Crippen LogP contribution in [-0.2, 0) is 6.42 Å². The third kappa shape index (κ3) is 4.08. The average Bonchev–Trinajstić information content (AvgIpc) is 3.01. The molecule has 0 fully saturated rings. The second-order valence-electron chi connectivity index (χ2n) is 5.29. The third-order valence-corrected chi connectivity index (χ3v) is 3.94. The van der Waals surface area contributed by atoms with Crippen molar-refractivity contribution < 1.29 is 9.18 Å².